The highest BCUT2D eigenvalue weighted by atomic mass is 35.5. The molecule has 1 aromatic carbocycles. The Kier molecular flexibility index (Phi) is 6.00. The monoisotopic (exact) mass is 332 g/mol. The minimum Gasteiger partial charge on any atom is -0.494 e. The summed E-state index contributed by atoms with van der Waals surface area (Å²) < 4.78 is 7.43. The minimum atomic E-state index is -0.751. The second-order valence-electron chi connectivity index (χ2n) is 5.46. The minimum absolute atomic E-state index is 0.421. The number of hydrogen-bond acceptors (Lipinski definition) is 4. The van der Waals surface area contributed by atoms with Gasteiger partial charge in [0.1, 0.15) is 23.8 Å². The van der Waals surface area contributed by atoms with Crippen molar-refractivity contribution < 1.29 is 4.74 Å². The van der Waals surface area contributed by atoms with Gasteiger partial charge in [0.05, 0.1) is 19.2 Å². The number of hydrogen-bond donors (Lipinski definition) is 0. The topological polar surface area (TPSA) is 63.7 Å². The van der Waals surface area contributed by atoms with Gasteiger partial charge in [0.2, 0.25) is 0 Å². The number of aromatic nitrogens is 3. The van der Waals surface area contributed by atoms with Crippen molar-refractivity contribution in [2.75, 3.05) is 6.61 Å². The van der Waals surface area contributed by atoms with Crippen LogP contribution in [0.3, 0.4) is 0 Å². The molecule has 0 amide bonds. The molecule has 0 aliphatic heterocycles. The number of benzene rings is 1. The molecule has 2 aromatic rings. The van der Waals surface area contributed by atoms with Crippen LogP contribution >= 0.6 is 11.6 Å². The first kappa shape index (κ1) is 17.3. The molecule has 5 nitrogen and oxygen atoms in total. The predicted octanol–water partition coefficient (Wildman–Crippen LogP) is 3.98. The maximum atomic E-state index is 10.0. The summed E-state index contributed by atoms with van der Waals surface area (Å²) in [7, 11) is 0. The van der Waals surface area contributed by atoms with Gasteiger partial charge >= 0.3 is 0 Å². The molecule has 0 spiro atoms. The zero-order valence-corrected chi connectivity index (χ0v) is 14.3. The molecule has 23 heavy (non-hydrogen) atoms. The van der Waals surface area contributed by atoms with Crippen LogP contribution in [-0.2, 0) is 12.0 Å². The van der Waals surface area contributed by atoms with Crippen molar-refractivity contribution in [1.29, 1.82) is 5.26 Å². The van der Waals surface area contributed by atoms with Crippen molar-refractivity contribution in [1.82, 2.24) is 14.8 Å². The van der Waals surface area contributed by atoms with E-state index in [4.69, 9.17) is 16.3 Å². The summed E-state index contributed by atoms with van der Waals surface area (Å²) in [6.45, 7) is 4.99. The SMILES string of the molecule is CCCCC(C#N)(Cn1cncn1)c1cc(Cl)ccc1OCC. The van der Waals surface area contributed by atoms with Gasteiger partial charge in [-0.1, -0.05) is 31.4 Å². The third-order valence-electron chi connectivity index (χ3n) is 3.83. The fraction of sp³-hybridized carbons (Fsp3) is 0.471. The number of rotatable bonds is 8. The van der Waals surface area contributed by atoms with Gasteiger partial charge in [0.15, 0.2) is 0 Å². The fourth-order valence-electron chi connectivity index (χ4n) is 2.68. The van der Waals surface area contributed by atoms with Crippen molar-refractivity contribution in [2.24, 2.45) is 0 Å². The van der Waals surface area contributed by atoms with Crippen LogP contribution in [0, 0.1) is 11.3 Å². The molecule has 1 atom stereocenters. The molecule has 0 aliphatic rings. The second-order valence-corrected chi connectivity index (χ2v) is 5.90. The van der Waals surface area contributed by atoms with Crippen LogP contribution in [0.25, 0.3) is 0 Å². The lowest BCUT2D eigenvalue weighted by Crippen LogP contribution is -2.31. The summed E-state index contributed by atoms with van der Waals surface area (Å²) in [6.07, 6.45) is 5.75. The summed E-state index contributed by atoms with van der Waals surface area (Å²) in [5.41, 5.74) is 0.0670. The van der Waals surface area contributed by atoms with Gasteiger partial charge in [-0.25, -0.2) is 4.98 Å². The number of ether oxygens (including phenoxy) is 1. The lowest BCUT2D eigenvalue weighted by Gasteiger charge is -2.29. The van der Waals surface area contributed by atoms with E-state index in [1.54, 1.807) is 17.1 Å². The highest BCUT2D eigenvalue weighted by Crippen LogP contribution is 2.39. The zero-order chi connectivity index (χ0) is 16.7. The number of nitriles is 1. The Morgan fingerprint density at radius 3 is 2.83 bits per heavy atom. The number of nitrogens with zero attached hydrogens (tertiary/aromatic N) is 4. The van der Waals surface area contributed by atoms with Crippen LogP contribution < -0.4 is 4.74 Å². The van der Waals surface area contributed by atoms with E-state index >= 15 is 0 Å². The van der Waals surface area contributed by atoms with Crippen LogP contribution in [0.5, 0.6) is 5.75 Å². The summed E-state index contributed by atoms with van der Waals surface area (Å²) in [6, 6.07) is 7.96. The molecule has 0 saturated heterocycles. The molecule has 0 saturated carbocycles. The molecule has 0 aliphatic carbocycles. The van der Waals surface area contributed by atoms with Gasteiger partial charge in [0, 0.05) is 10.6 Å². The van der Waals surface area contributed by atoms with E-state index in [0.29, 0.717) is 30.3 Å². The van der Waals surface area contributed by atoms with Gasteiger partial charge in [-0.2, -0.15) is 10.4 Å². The molecule has 1 unspecified atom stereocenters. The summed E-state index contributed by atoms with van der Waals surface area (Å²) in [5.74, 6) is 0.703. The molecule has 6 heteroatoms. The quantitative estimate of drug-likeness (QED) is 0.733. The summed E-state index contributed by atoms with van der Waals surface area (Å²) in [5, 5.41) is 14.8. The van der Waals surface area contributed by atoms with Crippen molar-refractivity contribution in [3.05, 3.63) is 41.4 Å². The third-order valence-corrected chi connectivity index (χ3v) is 4.06. The van der Waals surface area contributed by atoms with Crippen LogP contribution in [0.15, 0.2) is 30.9 Å². The zero-order valence-electron chi connectivity index (χ0n) is 13.5. The van der Waals surface area contributed by atoms with Crippen LogP contribution in [0.1, 0.15) is 38.7 Å². The Balaban J connectivity index is 2.51. The summed E-state index contributed by atoms with van der Waals surface area (Å²) in [4.78, 5) is 3.98. The molecule has 2 rings (SSSR count). The molecule has 0 fully saturated rings. The lowest BCUT2D eigenvalue weighted by atomic mass is 9.77. The first-order valence-corrected chi connectivity index (χ1v) is 8.19. The van der Waals surface area contributed by atoms with E-state index in [2.05, 4.69) is 23.1 Å². The Morgan fingerprint density at radius 1 is 1.39 bits per heavy atom. The molecule has 0 N–H and O–H groups in total. The molecule has 122 valence electrons. The molecule has 0 radical (unpaired) electrons. The van der Waals surface area contributed by atoms with Crippen LogP contribution in [0.2, 0.25) is 5.02 Å². The van der Waals surface area contributed by atoms with E-state index in [-0.39, 0.29) is 0 Å². The van der Waals surface area contributed by atoms with Gasteiger partial charge in [0.25, 0.3) is 0 Å². The van der Waals surface area contributed by atoms with Crippen LogP contribution in [-0.4, -0.2) is 21.4 Å². The molecular weight excluding hydrogens is 312 g/mol. The predicted molar refractivity (Wildman–Crippen MR) is 89.5 cm³/mol. The van der Waals surface area contributed by atoms with Gasteiger partial charge in [-0.15, -0.1) is 0 Å². The van der Waals surface area contributed by atoms with Gasteiger partial charge in [-0.3, -0.25) is 4.68 Å². The standard InChI is InChI=1S/C17H21ClN4O/c1-3-5-8-17(10-19,11-22-13-20-12-21-22)15-9-14(18)6-7-16(15)23-4-2/h6-7,9,12-13H,3-5,8,11H2,1-2H3. The smallest absolute Gasteiger partial charge is 0.137 e. The first-order valence-electron chi connectivity index (χ1n) is 7.81. The number of halogens is 1. The van der Waals surface area contributed by atoms with Gasteiger partial charge < -0.3 is 4.74 Å². The summed E-state index contributed by atoms with van der Waals surface area (Å²) >= 11 is 6.20. The Morgan fingerprint density at radius 2 is 2.22 bits per heavy atom. The fourth-order valence-corrected chi connectivity index (χ4v) is 2.85. The lowest BCUT2D eigenvalue weighted by molar-refractivity contribution is 0.317. The van der Waals surface area contributed by atoms with E-state index in [0.717, 1.165) is 18.4 Å². The molecule has 0 bridgehead atoms. The van der Waals surface area contributed by atoms with E-state index < -0.39 is 5.41 Å². The highest BCUT2D eigenvalue weighted by Gasteiger charge is 2.36. The maximum absolute atomic E-state index is 10.0. The normalized spacial score (nSPS) is 13.3. The van der Waals surface area contributed by atoms with E-state index in [9.17, 15) is 5.26 Å². The van der Waals surface area contributed by atoms with Crippen molar-refractivity contribution in [2.45, 2.75) is 45.1 Å². The van der Waals surface area contributed by atoms with Crippen molar-refractivity contribution >= 4 is 11.6 Å². The maximum Gasteiger partial charge on any atom is 0.137 e. The molecule has 1 aromatic heterocycles. The van der Waals surface area contributed by atoms with Gasteiger partial charge in [-0.05, 0) is 31.5 Å². The number of unbranched alkanes of at least 4 members (excludes halogenated alkanes) is 1. The third kappa shape index (κ3) is 4.02. The second kappa shape index (κ2) is 7.98. The average Bonchev–Trinajstić information content (AvgIpc) is 3.06. The first-order chi connectivity index (χ1) is 11.1. The Labute approximate surface area is 141 Å². The largest absolute Gasteiger partial charge is 0.494 e. The van der Waals surface area contributed by atoms with E-state index in [1.165, 1.54) is 6.33 Å². The van der Waals surface area contributed by atoms with E-state index in [1.807, 2.05) is 19.1 Å². The van der Waals surface area contributed by atoms with Crippen molar-refractivity contribution in [3.63, 3.8) is 0 Å². The van der Waals surface area contributed by atoms with Crippen LogP contribution in [0.4, 0.5) is 0 Å². The Bertz CT molecular complexity index is 666. The molecule has 1 heterocycles. The van der Waals surface area contributed by atoms with Crippen molar-refractivity contribution in [3.8, 4) is 11.8 Å². The average molecular weight is 333 g/mol. The highest BCUT2D eigenvalue weighted by molar-refractivity contribution is 6.30. The Hall–Kier alpha value is -2.06. The molecular formula is C17H21ClN4O.